The van der Waals surface area contributed by atoms with Crippen LogP contribution in [0.1, 0.15) is 23.7 Å². The van der Waals surface area contributed by atoms with Crippen molar-refractivity contribution in [2.75, 3.05) is 0 Å². The molecule has 84 valence electrons. The molecule has 0 aliphatic carbocycles. The van der Waals surface area contributed by atoms with Crippen molar-refractivity contribution in [1.82, 2.24) is 0 Å². The van der Waals surface area contributed by atoms with E-state index in [0.29, 0.717) is 6.42 Å². The Morgan fingerprint density at radius 3 is 2.65 bits per heavy atom. The number of halogens is 1. The highest BCUT2D eigenvalue weighted by atomic mass is 79.9. The molecule has 0 unspecified atom stereocenters. The highest BCUT2D eigenvalue weighted by Gasteiger charge is 2.05. The lowest BCUT2D eigenvalue weighted by atomic mass is 10.0. The number of carbonyl (C=O) groups excluding carboxylic acids is 1. The highest BCUT2D eigenvalue weighted by molar-refractivity contribution is 9.10. The molecule has 0 bridgehead atoms. The lowest BCUT2D eigenvalue weighted by Crippen LogP contribution is -1.96. The Hall–Kier alpha value is -1.59. The van der Waals surface area contributed by atoms with Gasteiger partial charge in [-0.05, 0) is 35.9 Å². The lowest BCUT2D eigenvalue weighted by Gasteiger charge is -2.02. The number of ketones is 1. The van der Waals surface area contributed by atoms with E-state index in [1.807, 2.05) is 36.4 Å². The van der Waals surface area contributed by atoms with Crippen LogP contribution in [-0.2, 0) is 0 Å². The van der Waals surface area contributed by atoms with Crippen molar-refractivity contribution in [2.45, 2.75) is 13.3 Å². The molecule has 2 heteroatoms. The van der Waals surface area contributed by atoms with Gasteiger partial charge in [-0.2, -0.15) is 0 Å². The molecule has 0 radical (unpaired) electrons. The zero-order valence-electron chi connectivity index (χ0n) is 9.46. The van der Waals surface area contributed by atoms with Gasteiger partial charge in [0, 0.05) is 10.0 Å². The number of fused-ring (bicyclic) bond motifs is 1. The first-order valence-electron chi connectivity index (χ1n) is 5.33. The fourth-order valence-electron chi connectivity index (χ4n) is 1.66. The molecule has 0 aliphatic heterocycles. The van der Waals surface area contributed by atoms with Gasteiger partial charge in [-0.15, -0.1) is 5.92 Å². The number of carbonyl (C=O) groups is 1. The third-order valence-corrected chi connectivity index (χ3v) is 3.04. The van der Waals surface area contributed by atoms with E-state index in [-0.39, 0.29) is 5.78 Å². The predicted octanol–water partition coefficient (Wildman–Crippen LogP) is 4.20. The Bertz CT molecular complexity index is 632. The quantitative estimate of drug-likeness (QED) is 0.597. The summed E-state index contributed by atoms with van der Waals surface area (Å²) in [5.74, 6) is 5.61. The fourth-order valence-corrected chi connectivity index (χ4v) is 2.04. The first-order valence-corrected chi connectivity index (χ1v) is 6.12. The van der Waals surface area contributed by atoms with Crippen LogP contribution >= 0.6 is 15.9 Å². The van der Waals surface area contributed by atoms with Crippen molar-refractivity contribution in [1.29, 1.82) is 0 Å². The standard InChI is InChI=1S/C15H11BrO/c1-2-3-4-15(17)13-6-5-12-10-14(16)8-7-11(12)9-13/h5-10H,4H2,1H3. The van der Waals surface area contributed by atoms with Gasteiger partial charge in [-0.25, -0.2) is 0 Å². The summed E-state index contributed by atoms with van der Waals surface area (Å²) in [6.07, 6.45) is 0.290. The van der Waals surface area contributed by atoms with Crippen LogP contribution in [0.5, 0.6) is 0 Å². The van der Waals surface area contributed by atoms with Crippen LogP contribution in [0.4, 0.5) is 0 Å². The van der Waals surface area contributed by atoms with Crippen molar-refractivity contribution >= 4 is 32.5 Å². The maximum atomic E-state index is 11.8. The van der Waals surface area contributed by atoms with Crippen molar-refractivity contribution < 1.29 is 4.79 Å². The molecule has 0 heterocycles. The van der Waals surface area contributed by atoms with E-state index in [4.69, 9.17) is 0 Å². The molecule has 2 aromatic rings. The van der Waals surface area contributed by atoms with Gasteiger partial charge in [0.05, 0.1) is 6.42 Å². The summed E-state index contributed by atoms with van der Waals surface area (Å²) in [6, 6.07) is 11.8. The van der Waals surface area contributed by atoms with Gasteiger partial charge in [-0.3, -0.25) is 4.79 Å². The number of hydrogen-bond acceptors (Lipinski definition) is 1. The third kappa shape index (κ3) is 2.75. The molecular weight excluding hydrogens is 276 g/mol. The maximum absolute atomic E-state index is 11.8. The van der Waals surface area contributed by atoms with Gasteiger partial charge in [0.1, 0.15) is 0 Å². The van der Waals surface area contributed by atoms with E-state index < -0.39 is 0 Å². The van der Waals surface area contributed by atoms with Crippen LogP contribution < -0.4 is 0 Å². The highest BCUT2D eigenvalue weighted by Crippen LogP contribution is 2.21. The Kier molecular flexibility index (Phi) is 3.61. The zero-order chi connectivity index (χ0) is 12.3. The Morgan fingerprint density at radius 2 is 1.88 bits per heavy atom. The minimum Gasteiger partial charge on any atom is -0.293 e. The Labute approximate surface area is 109 Å². The first-order chi connectivity index (χ1) is 8.20. The van der Waals surface area contributed by atoms with E-state index in [2.05, 4.69) is 27.8 Å². The van der Waals surface area contributed by atoms with Crippen molar-refractivity contribution in [3.8, 4) is 11.8 Å². The maximum Gasteiger partial charge on any atom is 0.174 e. The summed E-state index contributed by atoms with van der Waals surface area (Å²) in [5.41, 5.74) is 0.725. The number of hydrogen-bond donors (Lipinski definition) is 0. The molecule has 0 fully saturated rings. The molecule has 2 rings (SSSR count). The van der Waals surface area contributed by atoms with Crippen molar-refractivity contribution in [2.24, 2.45) is 0 Å². The average molecular weight is 287 g/mol. The van der Waals surface area contributed by atoms with Gasteiger partial charge in [0.25, 0.3) is 0 Å². The van der Waals surface area contributed by atoms with Gasteiger partial charge < -0.3 is 0 Å². The lowest BCUT2D eigenvalue weighted by molar-refractivity contribution is 0.0998. The Balaban J connectivity index is 2.40. The number of Topliss-reactive ketones (excluding diaryl/α,β-unsaturated/α-hetero) is 1. The summed E-state index contributed by atoms with van der Waals surface area (Å²) in [7, 11) is 0. The molecule has 0 saturated carbocycles. The molecule has 0 amide bonds. The second kappa shape index (κ2) is 5.16. The normalized spacial score (nSPS) is 9.76. The Morgan fingerprint density at radius 1 is 1.18 bits per heavy atom. The van der Waals surface area contributed by atoms with Gasteiger partial charge >= 0.3 is 0 Å². The van der Waals surface area contributed by atoms with E-state index in [0.717, 1.165) is 20.8 Å². The van der Waals surface area contributed by atoms with Crippen LogP contribution in [0.2, 0.25) is 0 Å². The topological polar surface area (TPSA) is 17.1 Å². The summed E-state index contributed by atoms with van der Waals surface area (Å²) < 4.78 is 1.04. The second-order valence-corrected chi connectivity index (χ2v) is 4.65. The molecule has 17 heavy (non-hydrogen) atoms. The van der Waals surface area contributed by atoms with E-state index in [9.17, 15) is 4.79 Å². The van der Waals surface area contributed by atoms with Crippen LogP contribution in [-0.4, -0.2) is 5.78 Å². The number of benzene rings is 2. The van der Waals surface area contributed by atoms with Gasteiger partial charge in [0.2, 0.25) is 0 Å². The summed E-state index contributed by atoms with van der Waals surface area (Å²) in [5, 5.41) is 2.20. The molecular formula is C15H11BrO. The molecule has 0 aromatic heterocycles. The van der Waals surface area contributed by atoms with E-state index in [1.54, 1.807) is 6.92 Å². The van der Waals surface area contributed by atoms with E-state index >= 15 is 0 Å². The minimum absolute atomic E-state index is 0.0733. The SMILES string of the molecule is CC#CCC(=O)c1ccc2cc(Br)ccc2c1. The fraction of sp³-hybridized carbons (Fsp3) is 0.133. The average Bonchev–Trinajstić information content (AvgIpc) is 2.35. The molecule has 0 atom stereocenters. The smallest absolute Gasteiger partial charge is 0.174 e. The monoisotopic (exact) mass is 286 g/mol. The summed E-state index contributed by atoms with van der Waals surface area (Å²) in [4.78, 5) is 11.8. The summed E-state index contributed by atoms with van der Waals surface area (Å²) >= 11 is 3.43. The van der Waals surface area contributed by atoms with Crippen LogP contribution in [0.25, 0.3) is 10.8 Å². The van der Waals surface area contributed by atoms with E-state index in [1.165, 1.54) is 0 Å². The van der Waals surface area contributed by atoms with Crippen LogP contribution in [0.15, 0.2) is 40.9 Å². The van der Waals surface area contributed by atoms with Crippen molar-refractivity contribution in [3.05, 3.63) is 46.4 Å². The van der Waals surface area contributed by atoms with Crippen LogP contribution in [0, 0.1) is 11.8 Å². The zero-order valence-corrected chi connectivity index (χ0v) is 11.0. The van der Waals surface area contributed by atoms with Gasteiger partial charge in [0.15, 0.2) is 5.78 Å². The molecule has 1 nitrogen and oxygen atoms in total. The molecule has 0 saturated heterocycles. The summed E-state index contributed by atoms with van der Waals surface area (Å²) in [6.45, 7) is 1.74. The molecule has 2 aromatic carbocycles. The largest absolute Gasteiger partial charge is 0.293 e. The minimum atomic E-state index is 0.0733. The molecule has 0 aliphatic rings. The van der Waals surface area contributed by atoms with Crippen molar-refractivity contribution in [3.63, 3.8) is 0 Å². The third-order valence-electron chi connectivity index (χ3n) is 2.55. The second-order valence-electron chi connectivity index (χ2n) is 3.73. The molecule has 0 spiro atoms. The predicted molar refractivity (Wildman–Crippen MR) is 74.0 cm³/mol. The van der Waals surface area contributed by atoms with Crippen LogP contribution in [0.3, 0.4) is 0 Å². The number of rotatable bonds is 2. The van der Waals surface area contributed by atoms with Gasteiger partial charge in [-0.1, -0.05) is 40.0 Å². The molecule has 0 N–H and O–H groups in total. The first kappa shape index (κ1) is 11.9.